The van der Waals surface area contributed by atoms with Crippen molar-refractivity contribution in [3.8, 4) is 11.1 Å². The zero-order valence-corrected chi connectivity index (χ0v) is 17.8. The van der Waals surface area contributed by atoms with Crippen LogP contribution in [0.4, 0.5) is 0 Å². The molecule has 2 aromatic rings. The lowest BCUT2D eigenvalue weighted by atomic mass is 9.78. The Balaban J connectivity index is 1.93. The molecule has 1 unspecified atom stereocenters. The second-order valence-electron chi connectivity index (χ2n) is 8.50. The molecule has 0 aliphatic carbocycles. The lowest BCUT2D eigenvalue weighted by molar-refractivity contribution is -0.133. The Labute approximate surface area is 174 Å². The SMILES string of the molecule is CCC(=O)N1CCC(Cc2ccccc2-c2ccccc2)(C(=O)NCC(C)C)C1. The Kier molecular flexibility index (Phi) is 6.73. The second-order valence-corrected chi connectivity index (χ2v) is 8.50. The van der Waals surface area contributed by atoms with E-state index < -0.39 is 5.41 Å². The summed E-state index contributed by atoms with van der Waals surface area (Å²) in [5, 5.41) is 3.14. The molecule has 4 nitrogen and oxygen atoms in total. The molecule has 29 heavy (non-hydrogen) atoms. The highest BCUT2D eigenvalue weighted by molar-refractivity contribution is 5.86. The maximum Gasteiger partial charge on any atom is 0.228 e. The van der Waals surface area contributed by atoms with Gasteiger partial charge in [-0.1, -0.05) is 75.4 Å². The Bertz CT molecular complexity index is 847. The third kappa shape index (κ3) is 4.87. The van der Waals surface area contributed by atoms with Crippen molar-refractivity contribution in [1.29, 1.82) is 0 Å². The second kappa shape index (κ2) is 9.25. The number of carbonyl (C=O) groups excluding carboxylic acids is 2. The fraction of sp³-hybridized carbons (Fsp3) is 0.440. The zero-order valence-electron chi connectivity index (χ0n) is 17.8. The van der Waals surface area contributed by atoms with Crippen LogP contribution in [0, 0.1) is 11.3 Å². The van der Waals surface area contributed by atoms with Crippen LogP contribution in [0.3, 0.4) is 0 Å². The van der Waals surface area contributed by atoms with Gasteiger partial charge in [-0.05, 0) is 35.4 Å². The number of carbonyl (C=O) groups is 2. The summed E-state index contributed by atoms with van der Waals surface area (Å²) in [5.74, 6) is 0.586. The summed E-state index contributed by atoms with van der Waals surface area (Å²) in [7, 11) is 0. The summed E-state index contributed by atoms with van der Waals surface area (Å²) in [6.07, 6.45) is 1.81. The maximum atomic E-state index is 13.3. The molecule has 4 heteroatoms. The predicted octanol–water partition coefficient (Wildman–Crippen LogP) is 4.30. The Hall–Kier alpha value is -2.62. The minimum atomic E-state index is -0.579. The van der Waals surface area contributed by atoms with Crippen LogP contribution in [0.15, 0.2) is 54.6 Å². The van der Waals surface area contributed by atoms with Crippen molar-refractivity contribution in [3.05, 3.63) is 60.2 Å². The Morgan fingerprint density at radius 3 is 2.45 bits per heavy atom. The first-order valence-electron chi connectivity index (χ1n) is 10.6. The summed E-state index contributed by atoms with van der Waals surface area (Å²) < 4.78 is 0. The molecule has 1 aliphatic rings. The van der Waals surface area contributed by atoms with Gasteiger partial charge in [-0.25, -0.2) is 0 Å². The molecule has 1 fully saturated rings. The third-order valence-corrected chi connectivity index (χ3v) is 5.79. The highest BCUT2D eigenvalue weighted by Gasteiger charge is 2.45. The molecule has 0 spiro atoms. The molecule has 0 bridgehead atoms. The van der Waals surface area contributed by atoms with E-state index in [2.05, 4.69) is 43.4 Å². The third-order valence-electron chi connectivity index (χ3n) is 5.79. The fourth-order valence-electron chi connectivity index (χ4n) is 4.14. The lowest BCUT2D eigenvalue weighted by Gasteiger charge is -2.29. The van der Waals surface area contributed by atoms with Crippen molar-refractivity contribution >= 4 is 11.8 Å². The van der Waals surface area contributed by atoms with Crippen LogP contribution < -0.4 is 5.32 Å². The van der Waals surface area contributed by atoms with E-state index in [-0.39, 0.29) is 11.8 Å². The number of nitrogens with one attached hydrogen (secondary N) is 1. The van der Waals surface area contributed by atoms with Crippen LogP contribution in [0.5, 0.6) is 0 Å². The monoisotopic (exact) mass is 392 g/mol. The van der Waals surface area contributed by atoms with E-state index in [0.717, 1.165) is 16.7 Å². The summed E-state index contributed by atoms with van der Waals surface area (Å²) in [4.78, 5) is 27.5. The van der Waals surface area contributed by atoms with E-state index >= 15 is 0 Å². The first kappa shape index (κ1) is 21.1. The van der Waals surface area contributed by atoms with Gasteiger partial charge in [0.2, 0.25) is 11.8 Å². The number of rotatable bonds is 7. The van der Waals surface area contributed by atoms with Gasteiger partial charge in [-0.2, -0.15) is 0 Å². The molecule has 154 valence electrons. The smallest absolute Gasteiger partial charge is 0.228 e. The van der Waals surface area contributed by atoms with Crippen LogP contribution in [0.25, 0.3) is 11.1 Å². The quantitative estimate of drug-likeness (QED) is 0.764. The normalized spacial score (nSPS) is 18.8. The first-order valence-corrected chi connectivity index (χ1v) is 10.6. The highest BCUT2D eigenvalue weighted by Crippen LogP contribution is 2.37. The summed E-state index contributed by atoms with van der Waals surface area (Å²) in [6, 6.07) is 18.6. The van der Waals surface area contributed by atoms with Crippen LogP contribution in [-0.4, -0.2) is 36.3 Å². The molecule has 3 rings (SSSR count). The van der Waals surface area contributed by atoms with Gasteiger partial charge in [0.25, 0.3) is 0 Å². The largest absolute Gasteiger partial charge is 0.355 e. The van der Waals surface area contributed by atoms with Gasteiger partial charge in [0.05, 0.1) is 5.41 Å². The van der Waals surface area contributed by atoms with E-state index in [9.17, 15) is 9.59 Å². The van der Waals surface area contributed by atoms with Gasteiger partial charge in [0, 0.05) is 26.1 Å². The molecular weight excluding hydrogens is 360 g/mol. The van der Waals surface area contributed by atoms with Crippen molar-refractivity contribution in [1.82, 2.24) is 10.2 Å². The number of hydrogen-bond acceptors (Lipinski definition) is 2. The Morgan fingerprint density at radius 1 is 1.07 bits per heavy atom. The van der Waals surface area contributed by atoms with Gasteiger partial charge in [-0.3, -0.25) is 9.59 Å². The minimum absolute atomic E-state index is 0.0699. The number of benzene rings is 2. The van der Waals surface area contributed by atoms with Crippen molar-refractivity contribution in [2.45, 2.75) is 40.0 Å². The van der Waals surface area contributed by atoms with Crippen LogP contribution >= 0.6 is 0 Å². The molecule has 0 aromatic heterocycles. The minimum Gasteiger partial charge on any atom is -0.355 e. The zero-order chi connectivity index (χ0) is 20.9. The van der Waals surface area contributed by atoms with Crippen molar-refractivity contribution in [2.75, 3.05) is 19.6 Å². The molecule has 1 heterocycles. The molecule has 1 saturated heterocycles. The summed E-state index contributed by atoms with van der Waals surface area (Å²) in [6.45, 7) is 7.87. The van der Waals surface area contributed by atoms with Gasteiger partial charge in [0.1, 0.15) is 0 Å². The lowest BCUT2D eigenvalue weighted by Crippen LogP contribution is -2.46. The summed E-state index contributed by atoms with van der Waals surface area (Å²) in [5.41, 5.74) is 2.89. The molecule has 0 saturated carbocycles. The topological polar surface area (TPSA) is 49.4 Å². The molecule has 2 aromatic carbocycles. The highest BCUT2D eigenvalue weighted by atomic mass is 16.2. The van der Waals surface area contributed by atoms with Gasteiger partial charge < -0.3 is 10.2 Å². The molecule has 1 N–H and O–H groups in total. The van der Waals surface area contributed by atoms with E-state index in [1.54, 1.807) is 0 Å². The fourth-order valence-corrected chi connectivity index (χ4v) is 4.14. The molecule has 2 amide bonds. The van der Waals surface area contributed by atoms with Crippen LogP contribution in [0.2, 0.25) is 0 Å². The van der Waals surface area contributed by atoms with E-state index in [4.69, 9.17) is 0 Å². The number of amides is 2. The standard InChI is InChI=1S/C25H32N2O2/c1-4-23(28)27-15-14-25(18-27,24(29)26-17-19(2)3)16-21-12-8-9-13-22(21)20-10-6-5-7-11-20/h5-13,19H,4,14-18H2,1-3H3,(H,26,29). The Morgan fingerprint density at radius 2 is 1.76 bits per heavy atom. The number of nitrogens with zero attached hydrogens (tertiary/aromatic N) is 1. The van der Waals surface area contributed by atoms with Crippen LogP contribution in [-0.2, 0) is 16.0 Å². The van der Waals surface area contributed by atoms with Gasteiger partial charge in [-0.15, -0.1) is 0 Å². The maximum absolute atomic E-state index is 13.3. The summed E-state index contributed by atoms with van der Waals surface area (Å²) >= 11 is 0. The number of likely N-dealkylation sites (tertiary alicyclic amines) is 1. The van der Waals surface area contributed by atoms with E-state index in [0.29, 0.717) is 44.8 Å². The van der Waals surface area contributed by atoms with Crippen molar-refractivity contribution < 1.29 is 9.59 Å². The molecule has 1 aliphatic heterocycles. The molecule has 1 atom stereocenters. The number of hydrogen-bond donors (Lipinski definition) is 1. The molecule has 0 radical (unpaired) electrons. The van der Waals surface area contributed by atoms with Gasteiger partial charge in [0.15, 0.2) is 0 Å². The van der Waals surface area contributed by atoms with Crippen molar-refractivity contribution in [2.24, 2.45) is 11.3 Å². The average molecular weight is 393 g/mol. The molecular formula is C25H32N2O2. The van der Waals surface area contributed by atoms with E-state index in [1.165, 1.54) is 0 Å². The predicted molar refractivity (Wildman–Crippen MR) is 117 cm³/mol. The van der Waals surface area contributed by atoms with Gasteiger partial charge >= 0.3 is 0 Å². The average Bonchev–Trinajstić information content (AvgIpc) is 3.17. The van der Waals surface area contributed by atoms with E-state index in [1.807, 2.05) is 42.2 Å². The first-order chi connectivity index (χ1) is 13.9. The van der Waals surface area contributed by atoms with Crippen LogP contribution in [0.1, 0.15) is 39.2 Å². The van der Waals surface area contributed by atoms with Crippen molar-refractivity contribution in [3.63, 3.8) is 0 Å².